The van der Waals surface area contributed by atoms with Crippen molar-refractivity contribution < 1.29 is 22.6 Å². The summed E-state index contributed by atoms with van der Waals surface area (Å²) in [6, 6.07) is 5.66. The number of rotatable bonds is 8. The van der Waals surface area contributed by atoms with E-state index in [1.165, 1.54) is 11.9 Å². The van der Waals surface area contributed by atoms with Gasteiger partial charge >= 0.3 is 6.18 Å². The summed E-state index contributed by atoms with van der Waals surface area (Å²) in [6.07, 6.45) is -3.58. The van der Waals surface area contributed by atoms with Gasteiger partial charge in [-0.1, -0.05) is 6.07 Å². The largest absolute Gasteiger partial charge is 0.454 e. The van der Waals surface area contributed by atoms with Crippen molar-refractivity contribution in [2.75, 3.05) is 40.0 Å². The average molecular weight is 374 g/mol. The molecule has 1 aromatic carbocycles. The highest BCUT2D eigenvalue weighted by atomic mass is 19.4. The minimum atomic E-state index is -4.16. The van der Waals surface area contributed by atoms with Gasteiger partial charge in [-0.05, 0) is 44.6 Å². The summed E-state index contributed by atoms with van der Waals surface area (Å²) < 4.78 is 47.5. The number of nitrogens with zero attached hydrogens (tertiary/aromatic N) is 2. The molecule has 0 saturated carbocycles. The van der Waals surface area contributed by atoms with Crippen LogP contribution in [0.25, 0.3) is 0 Å². The van der Waals surface area contributed by atoms with E-state index >= 15 is 0 Å². The van der Waals surface area contributed by atoms with Gasteiger partial charge in [0.2, 0.25) is 6.79 Å². The third-order valence-corrected chi connectivity index (χ3v) is 3.66. The summed E-state index contributed by atoms with van der Waals surface area (Å²) in [5.74, 6) is 2.07. The Labute approximate surface area is 151 Å². The normalized spacial score (nSPS) is 14.0. The molecule has 0 bridgehead atoms. The molecule has 1 aromatic rings. The third-order valence-electron chi connectivity index (χ3n) is 3.66. The Kier molecular flexibility index (Phi) is 7.38. The lowest BCUT2D eigenvalue weighted by Gasteiger charge is -2.18. The zero-order valence-electron chi connectivity index (χ0n) is 15.0. The van der Waals surface area contributed by atoms with E-state index < -0.39 is 12.7 Å². The van der Waals surface area contributed by atoms with Crippen LogP contribution in [0.3, 0.4) is 0 Å². The fourth-order valence-electron chi connectivity index (χ4n) is 2.49. The maximum atomic E-state index is 12.3. The van der Waals surface area contributed by atoms with Gasteiger partial charge in [-0.3, -0.25) is 4.90 Å². The third kappa shape index (κ3) is 6.99. The second-order valence-corrected chi connectivity index (χ2v) is 6.02. The van der Waals surface area contributed by atoms with Crippen LogP contribution in [-0.2, 0) is 6.54 Å². The first-order chi connectivity index (χ1) is 12.4. The maximum Gasteiger partial charge on any atom is 0.401 e. The van der Waals surface area contributed by atoms with Crippen LogP contribution in [0.15, 0.2) is 23.2 Å². The molecular weight excluding hydrogens is 349 g/mol. The number of ether oxygens (including phenoxy) is 2. The Morgan fingerprint density at radius 1 is 1.23 bits per heavy atom. The lowest BCUT2D eigenvalue weighted by Crippen LogP contribution is -2.39. The van der Waals surface area contributed by atoms with Gasteiger partial charge < -0.3 is 20.1 Å². The highest BCUT2D eigenvalue weighted by Gasteiger charge is 2.28. The molecule has 2 rings (SSSR count). The molecule has 1 aliphatic rings. The van der Waals surface area contributed by atoms with Crippen LogP contribution in [0, 0.1) is 0 Å². The lowest BCUT2D eigenvalue weighted by atomic mass is 10.2. The van der Waals surface area contributed by atoms with Gasteiger partial charge in [0.15, 0.2) is 17.5 Å². The summed E-state index contributed by atoms with van der Waals surface area (Å²) >= 11 is 0. The predicted molar refractivity (Wildman–Crippen MR) is 93.6 cm³/mol. The molecule has 6 nitrogen and oxygen atoms in total. The number of benzene rings is 1. The van der Waals surface area contributed by atoms with Crippen molar-refractivity contribution in [3.8, 4) is 11.5 Å². The molecule has 2 N–H and O–H groups in total. The van der Waals surface area contributed by atoms with Crippen molar-refractivity contribution in [2.45, 2.75) is 26.1 Å². The lowest BCUT2D eigenvalue weighted by molar-refractivity contribution is -0.143. The van der Waals surface area contributed by atoms with Crippen LogP contribution < -0.4 is 20.1 Å². The SMILES string of the molecule is CCNC(=NCc1ccc2c(c1)OCO2)NCCCN(C)CC(F)(F)F. The van der Waals surface area contributed by atoms with Crippen molar-refractivity contribution in [3.05, 3.63) is 23.8 Å². The average Bonchev–Trinajstić information content (AvgIpc) is 3.02. The van der Waals surface area contributed by atoms with E-state index in [2.05, 4.69) is 15.6 Å². The summed E-state index contributed by atoms with van der Waals surface area (Å²) in [5.41, 5.74) is 0.983. The Morgan fingerprint density at radius 3 is 2.73 bits per heavy atom. The van der Waals surface area contributed by atoms with Crippen LogP contribution in [0.4, 0.5) is 13.2 Å². The van der Waals surface area contributed by atoms with E-state index in [0.29, 0.717) is 44.3 Å². The fraction of sp³-hybridized carbons (Fsp3) is 0.588. The topological polar surface area (TPSA) is 58.1 Å². The number of aliphatic imine (C=N–C) groups is 1. The fourth-order valence-corrected chi connectivity index (χ4v) is 2.49. The summed E-state index contributed by atoms with van der Waals surface area (Å²) in [6.45, 7) is 3.33. The van der Waals surface area contributed by atoms with E-state index in [-0.39, 0.29) is 6.79 Å². The number of fused-ring (bicyclic) bond motifs is 1. The zero-order valence-corrected chi connectivity index (χ0v) is 15.0. The molecule has 0 aliphatic carbocycles. The van der Waals surface area contributed by atoms with Gasteiger partial charge in [-0.15, -0.1) is 0 Å². The standard InChI is InChI=1S/C17H25F3N4O2/c1-3-21-16(22-7-4-8-24(2)11-17(18,19)20)23-10-13-5-6-14-15(9-13)26-12-25-14/h5-6,9H,3-4,7-8,10-12H2,1-2H3,(H2,21,22,23). The van der Waals surface area contributed by atoms with Crippen molar-refractivity contribution in [1.29, 1.82) is 0 Å². The summed E-state index contributed by atoms with van der Waals surface area (Å²) in [4.78, 5) is 5.75. The molecule has 0 amide bonds. The van der Waals surface area contributed by atoms with Crippen LogP contribution in [0.1, 0.15) is 18.9 Å². The number of nitrogens with one attached hydrogen (secondary N) is 2. The van der Waals surface area contributed by atoms with Crippen LogP contribution in [0.2, 0.25) is 0 Å². The quantitative estimate of drug-likeness (QED) is 0.416. The number of halogens is 3. The summed E-state index contributed by atoms with van der Waals surface area (Å²) in [7, 11) is 1.46. The van der Waals surface area contributed by atoms with E-state index in [1.54, 1.807) is 0 Å². The van der Waals surface area contributed by atoms with Crippen molar-refractivity contribution in [1.82, 2.24) is 15.5 Å². The van der Waals surface area contributed by atoms with E-state index in [0.717, 1.165) is 11.3 Å². The van der Waals surface area contributed by atoms with Crippen LogP contribution in [0.5, 0.6) is 11.5 Å². The molecule has 9 heteroatoms. The second kappa shape index (κ2) is 9.51. The monoisotopic (exact) mass is 374 g/mol. The molecule has 0 radical (unpaired) electrons. The highest BCUT2D eigenvalue weighted by molar-refractivity contribution is 5.79. The molecule has 0 aromatic heterocycles. The Bertz CT molecular complexity index is 608. The Balaban J connectivity index is 1.77. The van der Waals surface area contributed by atoms with Crippen molar-refractivity contribution in [2.24, 2.45) is 4.99 Å². The maximum absolute atomic E-state index is 12.3. The van der Waals surface area contributed by atoms with Gasteiger partial charge in [0.05, 0.1) is 13.1 Å². The first kappa shape index (κ1) is 20.2. The number of guanidine groups is 1. The molecule has 26 heavy (non-hydrogen) atoms. The summed E-state index contributed by atoms with van der Waals surface area (Å²) in [5, 5.41) is 6.26. The number of alkyl halides is 3. The van der Waals surface area contributed by atoms with Gasteiger partial charge in [0, 0.05) is 13.1 Å². The Morgan fingerprint density at radius 2 is 2.00 bits per heavy atom. The number of hydrogen-bond acceptors (Lipinski definition) is 4. The molecule has 1 heterocycles. The molecule has 146 valence electrons. The van der Waals surface area contributed by atoms with Gasteiger partial charge in [0.25, 0.3) is 0 Å². The predicted octanol–water partition coefficient (Wildman–Crippen LogP) is 2.35. The van der Waals surface area contributed by atoms with Gasteiger partial charge in [-0.25, -0.2) is 4.99 Å². The molecule has 0 spiro atoms. The Hall–Kier alpha value is -2.16. The van der Waals surface area contributed by atoms with E-state index in [1.807, 2.05) is 25.1 Å². The molecule has 0 atom stereocenters. The number of hydrogen-bond donors (Lipinski definition) is 2. The molecule has 0 unspecified atom stereocenters. The van der Waals surface area contributed by atoms with E-state index in [4.69, 9.17) is 9.47 Å². The molecule has 1 aliphatic heterocycles. The minimum absolute atomic E-state index is 0.231. The van der Waals surface area contributed by atoms with Gasteiger partial charge in [-0.2, -0.15) is 13.2 Å². The van der Waals surface area contributed by atoms with E-state index in [9.17, 15) is 13.2 Å². The van der Waals surface area contributed by atoms with Crippen molar-refractivity contribution in [3.63, 3.8) is 0 Å². The zero-order chi connectivity index (χ0) is 19.0. The smallest absolute Gasteiger partial charge is 0.401 e. The first-order valence-electron chi connectivity index (χ1n) is 8.53. The first-order valence-corrected chi connectivity index (χ1v) is 8.53. The molecule has 0 saturated heterocycles. The minimum Gasteiger partial charge on any atom is -0.454 e. The van der Waals surface area contributed by atoms with Crippen LogP contribution in [-0.4, -0.2) is 57.1 Å². The van der Waals surface area contributed by atoms with Crippen molar-refractivity contribution >= 4 is 5.96 Å². The van der Waals surface area contributed by atoms with Crippen LogP contribution >= 0.6 is 0 Å². The van der Waals surface area contributed by atoms with Gasteiger partial charge in [0.1, 0.15) is 0 Å². The molecular formula is C17H25F3N4O2. The molecule has 0 fully saturated rings. The highest BCUT2D eigenvalue weighted by Crippen LogP contribution is 2.32. The second-order valence-electron chi connectivity index (χ2n) is 6.02.